The van der Waals surface area contributed by atoms with Crippen LogP contribution in [0.25, 0.3) is 0 Å². The molecule has 2 aromatic rings. The van der Waals surface area contributed by atoms with Gasteiger partial charge >= 0.3 is 0 Å². The molecule has 5 heteroatoms. The minimum atomic E-state index is 0.316. The molecule has 0 aliphatic heterocycles. The third-order valence-electron chi connectivity index (χ3n) is 2.14. The maximum Gasteiger partial charge on any atom is 0.264 e. The molecule has 0 fully saturated rings. The molecule has 0 aliphatic rings. The number of ether oxygens (including phenoxy) is 1. The summed E-state index contributed by atoms with van der Waals surface area (Å²) in [6.07, 6.45) is 1.85. The SMILES string of the molecule is CCCc1noc(COc2cccc(I)c2)n1. The van der Waals surface area contributed by atoms with Crippen LogP contribution >= 0.6 is 22.6 Å². The molecule has 2 rings (SSSR count). The molecule has 0 spiro atoms. The van der Waals surface area contributed by atoms with E-state index in [-0.39, 0.29) is 0 Å². The number of benzene rings is 1. The van der Waals surface area contributed by atoms with Gasteiger partial charge in [0.2, 0.25) is 0 Å². The second-order valence-electron chi connectivity index (χ2n) is 3.60. The Morgan fingerprint density at radius 3 is 3.06 bits per heavy atom. The Kier molecular flexibility index (Phi) is 4.36. The van der Waals surface area contributed by atoms with Gasteiger partial charge in [-0.05, 0) is 47.2 Å². The van der Waals surface area contributed by atoms with Gasteiger partial charge in [-0.3, -0.25) is 0 Å². The average molecular weight is 344 g/mol. The Morgan fingerprint density at radius 2 is 2.29 bits per heavy atom. The molecule has 1 aromatic carbocycles. The molecule has 1 aromatic heterocycles. The van der Waals surface area contributed by atoms with Crippen molar-refractivity contribution >= 4 is 22.6 Å². The number of nitrogens with zero attached hydrogens (tertiary/aromatic N) is 2. The van der Waals surface area contributed by atoms with Gasteiger partial charge in [0.05, 0.1) is 0 Å². The second-order valence-corrected chi connectivity index (χ2v) is 4.85. The zero-order valence-corrected chi connectivity index (χ0v) is 11.7. The quantitative estimate of drug-likeness (QED) is 0.782. The molecule has 0 saturated heterocycles. The highest BCUT2D eigenvalue weighted by Crippen LogP contribution is 2.16. The van der Waals surface area contributed by atoms with Crippen LogP contribution in [-0.4, -0.2) is 10.1 Å². The zero-order valence-electron chi connectivity index (χ0n) is 9.52. The summed E-state index contributed by atoms with van der Waals surface area (Å²) < 4.78 is 11.8. The Labute approximate surface area is 114 Å². The van der Waals surface area contributed by atoms with Crippen molar-refractivity contribution in [3.05, 3.63) is 39.6 Å². The summed E-state index contributed by atoms with van der Waals surface area (Å²) in [5.41, 5.74) is 0. The minimum absolute atomic E-state index is 0.316. The lowest BCUT2D eigenvalue weighted by Gasteiger charge is -2.02. The summed E-state index contributed by atoms with van der Waals surface area (Å²) in [5.74, 6) is 2.08. The van der Waals surface area contributed by atoms with Crippen molar-refractivity contribution in [2.24, 2.45) is 0 Å². The number of hydrogen-bond donors (Lipinski definition) is 0. The van der Waals surface area contributed by atoms with Gasteiger partial charge in [-0.1, -0.05) is 18.1 Å². The first-order valence-electron chi connectivity index (χ1n) is 5.47. The van der Waals surface area contributed by atoms with Gasteiger partial charge < -0.3 is 9.26 Å². The van der Waals surface area contributed by atoms with Crippen molar-refractivity contribution in [2.45, 2.75) is 26.4 Å². The Bertz CT molecular complexity index is 485. The molecule has 0 bridgehead atoms. The van der Waals surface area contributed by atoms with Gasteiger partial charge in [-0.2, -0.15) is 4.98 Å². The molecule has 0 unspecified atom stereocenters. The van der Waals surface area contributed by atoms with Crippen LogP contribution in [0.5, 0.6) is 5.75 Å². The van der Waals surface area contributed by atoms with Crippen LogP contribution in [0.2, 0.25) is 0 Å². The molecule has 0 aliphatic carbocycles. The number of aromatic nitrogens is 2. The third kappa shape index (κ3) is 3.69. The molecule has 0 saturated carbocycles. The van der Waals surface area contributed by atoms with Crippen molar-refractivity contribution in [3.8, 4) is 5.75 Å². The van der Waals surface area contributed by atoms with E-state index in [1.165, 1.54) is 0 Å². The first-order chi connectivity index (χ1) is 8.28. The molecule has 0 radical (unpaired) electrons. The highest BCUT2D eigenvalue weighted by Gasteiger charge is 2.06. The molecule has 90 valence electrons. The fourth-order valence-electron chi connectivity index (χ4n) is 1.38. The predicted octanol–water partition coefficient (Wildman–Crippen LogP) is 3.21. The molecule has 0 amide bonds. The summed E-state index contributed by atoms with van der Waals surface area (Å²) in [7, 11) is 0. The fraction of sp³-hybridized carbons (Fsp3) is 0.333. The van der Waals surface area contributed by atoms with E-state index < -0.39 is 0 Å². The predicted molar refractivity (Wildman–Crippen MR) is 71.8 cm³/mol. The molecule has 0 N–H and O–H groups in total. The van der Waals surface area contributed by atoms with Crippen LogP contribution < -0.4 is 4.74 Å². The molecule has 0 atom stereocenters. The standard InChI is InChI=1S/C12H13IN2O2/c1-2-4-11-14-12(17-15-11)8-16-10-6-3-5-9(13)7-10/h3,5-7H,2,4,8H2,1H3. The van der Waals surface area contributed by atoms with Gasteiger partial charge in [0.1, 0.15) is 5.75 Å². The van der Waals surface area contributed by atoms with Crippen molar-refractivity contribution in [1.29, 1.82) is 0 Å². The van der Waals surface area contributed by atoms with E-state index in [1.807, 2.05) is 24.3 Å². The number of rotatable bonds is 5. The average Bonchev–Trinajstić information content (AvgIpc) is 2.75. The minimum Gasteiger partial charge on any atom is -0.484 e. The lowest BCUT2D eigenvalue weighted by molar-refractivity contribution is 0.242. The topological polar surface area (TPSA) is 48.2 Å². The van der Waals surface area contributed by atoms with E-state index in [0.29, 0.717) is 12.5 Å². The van der Waals surface area contributed by atoms with Crippen LogP contribution in [0, 0.1) is 3.57 Å². The summed E-state index contributed by atoms with van der Waals surface area (Å²) in [4.78, 5) is 4.23. The third-order valence-corrected chi connectivity index (χ3v) is 2.81. The highest BCUT2D eigenvalue weighted by atomic mass is 127. The van der Waals surface area contributed by atoms with E-state index in [2.05, 4.69) is 39.7 Å². The van der Waals surface area contributed by atoms with E-state index >= 15 is 0 Å². The first kappa shape index (κ1) is 12.3. The summed E-state index contributed by atoms with van der Waals surface area (Å²) in [6.45, 7) is 2.40. The maximum atomic E-state index is 5.56. The van der Waals surface area contributed by atoms with E-state index in [9.17, 15) is 0 Å². The molecule has 4 nitrogen and oxygen atoms in total. The van der Waals surface area contributed by atoms with Crippen LogP contribution in [-0.2, 0) is 13.0 Å². The lowest BCUT2D eigenvalue weighted by Crippen LogP contribution is -1.96. The fourth-order valence-corrected chi connectivity index (χ4v) is 1.89. The normalized spacial score (nSPS) is 10.5. The number of halogens is 1. The molecule has 1 heterocycles. The maximum absolute atomic E-state index is 5.56. The molecule has 17 heavy (non-hydrogen) atoms. The van der Waals surface area contributed by atoms with Crippen molar-refractivity contribution in [1.82, 2.24) is 10.1 Å². The van der Waals surface area contributed by atoms with Crippen molar-refractivity contribution < 1.29 is 9.26 Å². The van der Waals surface area contributed by atoms with Crippen LogP contribution in [0.15, 0.2) is 28.8 Å². The summed E-state index contributed by atoms with van der Waals surface area (Å²) in [6, 6.07) is 7.84. The molecular weight excluding hydrogens is 331 g/mol. The first-order valence-corrected chi connectivity index (χ1v) is 6.55. The van der Waals surface area contributed by atoms with Gasteiger partial charge in [-0.15, -0.1) is 0 Å². The van der Waals surface area contributed by atoms with Gasteiger partial charge in [0, 0.05) is 9.99 Å². The van der Waals surface area contributed by atoms with Crippen LogP contribution in [0.3, 0.4) is 0 Å². The summed E-state index contributed by atoms with van der Waals surface area (Å²) in [5, 5.41) is 3.87. The molecular formula is C12H13IN2O2. The van der Waals surface area contributed by atoms with Crippen LogP contribution in [0.4, 0.5) is 0 Å². The van der Waals surface area contributed by atoms with E-state index in [0.717, 1.165) is 28.0 Å². The van der Waals surface area contributed by atoms with Gasteiger partial charge in [0.25, 0.3) is 5.89 Å². The monoisotopic (exact) mass is 344 g/mol. The Balaban J connectivity index is 1.93. The number of aryl methyl sites for hydroxylation is 1. The Hall–Kier alpha value is -1.11. The Morgan fingerprint density at radius 1 is 1.41 bits per heavy atom. The number of hydrogen-bond acceptors (Lipinski definition) is 4. The van der Waals surface area contributed by atoms with E-state index in [1.54, 1.807) is 0 Å². The van der Waals surface area contributed by atoms with Crippen molar-refractivity contribution in [2.75, 3.05) is 0 Å². The lowest BCUT2D eigenvalue weighted by atomic mass is 10.3. The van der Waals surface area contributed by atoms with E-state index in [4.69, 9.17) is 9.26 Å². The van der Waals surface area contributed by atoms with Gasteiger partial charge in [0.15, 0.2) is 12.4 Å². The second kappa shape index (κ2) is 6.00. The van der Waals surface area contributed by atoms with Crippen molar-refractivity contribution in [3.63, 3.8) is 0 Å². The summed E-state index contributed by atoms with van der Waals surface area (Å²) >= 11 is 2.24. The smallest absolute Gasteiger partial charge is 0.264 e. The van der Waals surface area contributed by atoms with Gasteiger partial charge in [-0.25, -0.2) is 0 Å². The van der Waals surface area contributed by atoms with Crippen LogP contribution in [0.1, 0.15) is 25.1 Å². The zero-order chi connectivity index (χ0) is 12.1. The largest absolute Gasteiger partial charge is 0.484 e. The highest BCUT2D eigenvalue weighted by molar-refractivity contribution is 14.1.